The molecule has 69 heavy (non-hydrogen) atoms. The molecule has 0 saturated heterocycles. The number of aromatic nitrogens is 4. The van der Waals surface area contributed by atoms with Gasteiger partial charge in [-0.1, -0.05) is 36.5 Å². The number of rotatable bonds is 4. The maximum Gasteiger partial charge on any atom is 2.00 e. The number of carbonyl (C=O) groups excluding carboxylic acids is 2. The molecular weight excluding hydrogens is 1000 g/mol. The van der Waals surface area contributed by atoms with Crippen molar-refractivity contribution in [2.45, 2.75) is 25.0 Å². The van der Waals surface area contributed by atoms with E-state index in [0.717, 1.165) is 21.5 Å². The van der Waals surface area contributed by atoms with Gasteiger partial charge in [0.15, 0.2) is 35.1 Å². The predicted octanol–water partition coefficient (Wildman–Crippen LogP) is -3.03. The first kappa shape index (κ1) is 51.7. The number of fused-ring (bicyclic) bond motifs is 12. The molecule has 10 rings (SSSR count). The van der Waals surface area contributed by atoms with Crippen LogP contribution in [0.3, 0.4) is 0 Å². The van der Waals surface area contributed by atoms with Crippen molar-refractivity contribution in [2.75, 3.05) is 14.2 Å². The Bertz CT molecular complexity index is 2900. The van der Waals surface area contributed by atoms with E-state index in [9.17, 15) is 19.8 Å². The van der Waals surface area contributed by atoms with Crippen LogP contribution in [0.2, 0.25) is 0 Å². The molecule has 2 aromatic carbocycles. The van der Waals surface area contributed by atoms with Gasteiger partial charge in [0.2, 0.25) is 0 Å². The quantitative estimate of drug-likeness (QED) is 0.101. The van der Waals surface area contributed by atoms with E-state index < -0.39 is 44.6 Å². The monoisotopic (exact) mass is 1040 g/mol. The molecule has 0 bridgehead atoms. The van der Waals surface area contributed by atoms with Crippen molar-refractivity contribution >= 4 is 78.3 Å². The summed E-state index contributed by atoms with van der Waals surface area (Å²) in [5.74, 6) is -0.553. The zero-order valence-corrected chi connectivity index (χ0v) is 37.9. The molecule has 4 aromatic heterocycles. The smallest absolute Gasteiger partial charge is 0.873 e. The molecule has 2 N–H and O–H groups in total. The van der Waals surface area contributed by atoms with Gasteiger partial charge in [-0.05, 0) is 61.4 Å². The van der Waals surface area contributed by atoms with Crippen molar-refractivity contribution in [2.24, 2.45) is 21.8 Å². The molecule has 25 heteroatoms. The van der Waals surface area contributed by atoms with Crippen molar-refractivity contribution in [3.8, 4) is 11.5 Å². The Balaban J connectivity index is 0.000000188. The maximum atomic E-state index is 12.5. The number of halogens is 2. The van der Waals surface area contributed by atoms with Crippen LogP contribution in [0.4, 0.5) is 11.4 Å². The summed E-state index contributed by atoms with van der Waals surface area (Å²) < 4.78 is 88.1. The van der Waals surface area contributed by atoms with Crippen LogP contribution in [0.1, 0.15) is 12.8 Å². The summed E-state index contributed by atoms with van der Waals surface area (Å²) in [5, 5.41) is 26.2. The van der Waals surface area contributed by atoms with Crippen molar-refractivity contribution in [1.29, 1.82) is 0 Å². The van der Waals surface area contributed by atoms with E-state index in [0.29, 0.717) is 57.8 Å². The Kier molecular flexibility index (Phi) is 16.3. The molecule has 22 nitrogen and oxygen atoms in total. The molecule has 1 radical (unpaired) electrons. The number of aliphatic imine (C=N–C) groups is 2. The van der Waals surface area contributed by atoms with Gasteiger partial charge in [-0.15, -0.1) is 11.5 Å². The number of ether oxygens (including phenoxy) is 4. The van der Waals surface area contributed by atoms with Gasteiger partial charge in [-0.3, -0.25) is 19.9 Å². The fourth-order valence-electron chi connectivity index (χ4n) is 7.62. The molecule has 6 aromatic rings. The minimum Gasteiger partial charge on any atom is -0.873 e. The maximum absolute atomic E-state index is 12.5. The number of pyridine rings is 4. The molecule has 4 aliphatic rings. The normalized spacial score (nSPS) is 19.0. The Morgan fingerprint density at radius 3 is 1.17 bits per heavy atom. The zero-order chi connectivity index (χ0) is 48.9. The Labute approximate surface area is 404 Å². The molecule has 0 saturated carbocycles. The van der Waals surface area contributed by atoms with Crippen LogP contribution in [0.15, 0.2) is 131 Å². The van der Waals surface area contributed by atoms with Gasteiger partial charge in [-0.25, -0.2) is 19.6 Å². The standard InChI is InChI=1S/2C22H17N3O4.2ClHO4.Cu/c2*1-28-22(27)19-20(12-6-8-13(26)9-7-12)29-21-15-5-3-11-24-17(15)16-14(18(21)25-19)4-2-10-23-16;2*2-1(3,4)5;/h2*2-6,8-12,20,26H,7H2,1H3;2*(H,2,3,4,5);/q;;;;+2/p-2. The second-order valence-electron chi connectivity index (χ2n) is 14.5. The molecule has 4 atom stereocenters. The largest absolute Gasteiger partial charge is 2.00 e. The van der Waals surface area contributed by atoms with Crippen LogP contribution in [-0.2, 0) is 36.1 Å². The van der Waals surface area contributed by atoms with Gasteiger partial charge in [0, 0.05) is 58.2 Å². The van der Waals surface area contributed by atoms with E-state index in [-0.39, 0.29) is 51.8 Å². The topological polar surface area (TPSA) is 372 Å². The number of hydrogen-bond acceptors (Lipinski definition) is 22. The van der Waals surface area contributed by atoms with E-state index >= 15 is 0 Å². The molecular formula is C44H34Cl2CuN6O16. The van der Waals surface area contributed by atoms with Crippen LogP contribution in [0.25, 0.3) is 43.6 Å². The predicted molar refractivity (Wildman–Crippen MR) is 216 cm³/mol. The summed E-state index contributed by atoms with van der Waals surface area (Å²) in [6.45, 7) is 0. The minimum absolute atomic E-state index is 0. The number of esters is 2. The summed E-state index contributed by atoms with van der Waals surface area (Å²) in [5.41, 5.74) is 4.20. The first-order valence-corrected chi connectivity index (χ1v) is 22.2. The number of allylic oxidation sites excluding steroid dienone is 4. The van der Waals surface area contributed by atoms with E-state index in [1.165, 1.54) is 26.4 Å². The molecule has 0 amide bonds. The van der Waals surface area contributed by atoms with Crippen molar-refractivity contribution in [3.05, 3.63) is 121 Å². The SMILES string of the molecule is COC(=O)C1=Nc2c(c3cccnc3c3ncccc23)OC1C1C=CC([O-])=CC1.COC(=O)C1=Nc2c(c3cccnc3c3ncccc23)OC1C1C=CC([O-])=CC1.[Cu+2].[O-][Cl+3]([O-])([O-])O.[O-][Cl+3]([O-])([O-])O. The number of benzene rings is 2. The summed E-state index contributed by atoms with van der Waals surface area (Å²) in [6, 6.07) is 14.8. The molecule has 0 spiro atoms. The van der Waals surface area contributed by atoms with Crippen LogP contribution >= 0.6 is 0 Å². The molecule has 2 aliphatic heterocycles. The number of carbonyl (C=O) groups is 2. The summed E-state index contributed by atoms with van der Waals surface area (Å²) in [7, 11) is -6.76. The van der Waals surface area contributed by atoms with E-state index in [4.69, 9.17) is 56.2 Å². The molecule has 0 fully saturated rings. The minimum atomic E-state index is -4.69. The van der Waals surface area contributed by atoms with Crippen LogP contribution < -0.4 is 47.6 Å². The van der Waals surface area contributed by atoms with Crippen molar-refractivity contribution in [1.82, 2.24) is 19.9 Å². The zero-order valence-electron chi connectivity index (χ0n) is 35.5. The first-order valence-electron chi connectivity index (χ1n) is 19.7. The third-order valence-electron chi connectivity index (χ3n) is 10.4. The van der Waals surface area contributed by atoms with Crippen molar-refractivity contribution < 1.29 is 114 Å². The van der Waals surface area contributed by atoms with Gasteiger partial charge in [0.25, 0.3) is 0 Å². The first-order chi connectivity index (χ1) is 32.3. The van der Waals surface area contributed by atoms with Gasteiger partial charge in [0.05, 0.1) is 55.1 Å². The molecule has 361 valence electrons. The van der Waals surface area contributed by atoms with Crippen LogP contribution in [-0.4, -0.2) is 79.0 Å². The number of nitrogens with zero attached hydrogens (tertiary/aromatic N) is 6. The van der Waals surface area contributed by atoms with Crippen LogP contribution in [0, 0.1) is 32.3 Å². The molecule has 2 aliphatic carbocycles. The Hall–Kier alpha value is -6.70. The second kappa shape index (κ2) is 21.7. The molecule has 6 heterocycles. The Morgan fingerprint density at radius 1 is 0.580 bits per heavy atom. The van der Waals surface area contributed by atoms with Gasteiger partial charge in [0.1, 0.15) is 22.4 Å². The summed E-state index contributed by atoms with van der Waals surface area (Å²) in [4.78, 5) is 52.3. The third-order valence-corrected chi connectivity index (χ3v) is 10.4. The third kappa shape index (κ3) is 12.1. The van der Waals surface area contributed by atoms with Gasteiger partial charge in [-0.2, -0.15) is 28.0 Å². The summed E-state index contributed by atoms with van der Waals surface area (Å²) >= 11 is 0. The average Bonchev–Trinajstić information content (AvgIpc) is 3.32. The molecule has 4 unspecified atom stereocenters. The van der Waals surface area contributed by atoms with E-state index in [2.05, 4.69) is 29.9 Å². The van der Waals surface area contributed by atoms with Gasteiger partial charge >= 0.3 is 29.0 Å². The fraction of sp³-hybridized carbons (Fsp3) is 0.182. The average molecular weight is 1040 g/mol. The van der Waals surface area contributed by atoms with Crippen LogP contribution in [0.5, 0.6) is 11.5 Å². The second-order valence-corrected chi connectivity index (χ2v) is 16.1. The Morgan fingerprint density at radius 2 is 0.884 bits per heavy atom. The van der Waals surface area contributed by atoms with Crippen molar-refractivity contribution in [3.63, 3.8) is 0 Å². The van der Waals surface area contributed by atoms with Gasteiger partial charge < -0.3 is 29.2 Å². The van der Waals surface area contributed by atoms with E-state index in [1.54, 1.807) is 61.2 Å². The van der Waals surface area contributed by atoms with E-state index in [1.807, 2.05) is 36.4 Å². The summed E-state index contributed by atoms with van der Waals surface area (Å²) in [6.07, 6.45) is 16.0. The number of hydrogen-bond donors (Lipinski definition) is 2. The number of methoxy groups -OCH3 is 2. The fourth-order valence-corrected chi connectivity index (χ4v) is 7.62.